The molecule has 1 N–H and O–H groups in total. The van der Waals surface area contributed by atoms with E-state index in [1.807, 2.05) is 0 Å². The van der Waals surface area contributed by atoms with E-state index in [0.717, 1.165) is 17.0 Å². The number of hydrogen-bond donors (Lipinski definition) is 1. The number of carbonyl (C=O) groups is 3. The van der Waals surface area contributed by atoms with Gasteiger partial charge in [-0.2, -0.15) is 0 Å². The number of carbonyl (C=O) groups excluding carboxylic acids is 3. The van der Waals surface area contributed by atoms with Crippen molar-refractivity contribution < 1.29 is 24.2 Å². The van der Waals surface area contributed by atoms with Crippen LogP contribution in [0.5, 0.6) is 0 Å². The van der Waals surface area contributed by atoms with E-state index in [-0.39, 0.29) is 33.8 Å². The van der Waals surface area contributed by atoms with Crippen LogP contribution in [0.15, 0.2) is 66.7 Å². The predicted molar refractivity (Wildman–Crippen MR) is 112 cm³/mol. The van der Waals surface area contributed by atoms with Crippen molar-refractivity contribution in [1.82, 2.24) is 0 Å². The molecule has 0 saturated heterocycles. The van der Waals surface area contributed by atoms with Crippen LogP contribution in [-0.4, -0.2) is 27.6 Å². The summed E-state index contributed by atoms with van der Waals surface area (Å²) < 4.78 is 0. The molecule has 0 unspecified atom stereocenters. The topological polar surface area (TPSA) is 153 Å². The molecule has 32 heavy (non-hydrogen) atoms. The smallest absolute Gasteiger partial charge is 0.270 e. The van der Waals surface area contributed by atoms with E-state index in [1.54, 1.807) is 0 Å². The Kier molecular flexibility index (Phi) is 4.91. The van der Waals surface area contributed by atoms with Gasteiger partial charge in [0.15, 0.2) is 0 Å². The van der Waals surface area contributed by atoms with Crippen LogP contribution in [0.25, 0.3) is 0 Å². The van der Waals surface area contributed by atoms with Crippen molar-refractivity contribution in [3.8, 4) is 0 Å². The van der Waals surface area contributed by atoms with E-state index in [0.29, 0.717) is 5.69 Å². The molecule has 0 fully saturated rings. The summed E-state index contributed by atoms with van der Waals surface area (Å²) in [6.07, 6.45) is 0. The minimum absolute atomic E-state index is 0.0561. The zero-order valence-electron chi connectivity index (χ0n) is 16.1. The molecule has 3 aromatic carbocycles. The molecule has 0 aromatic heterocycles. The molecule has 0 bridgehead atoms. The second kappa shape index (κ2) is 7.72. The minimum Gasteiger partial charge on any atom is -0.322 e. The summed E-state index contributed by atoms with van der Waals surface area (Å²) in [6.45, 7) is 0. The Labute approximate surface area is 179 Å². The molecule has 3 aromatic rings. The number of imide groups is 1. The SMILES string of the molecule is O=C(Nc1ccc([N+](=O)[O-])cc1)c1ccc(N2C(=O)c3ccc([N+](=O)[O-])cc3C2=O)cc1. The van der Waals surface area contributed by atoms with Gasteiger partial charge in [0.1, 0.15) is 0 Å². The number of non-ortho nitro benzene ring substituents is 2. The van der Waals surface area contributed by atoms with Crippen LogP contribution in [0.2, 0.25) is 0 Å². The predicted octanol–water partition coefficient (Wildman–Crippen LogP) is 3.56. The molecule has 4 rings (SSSR count). The molecule has 1 aliphatic rings. The van der Waals surface area contributed by atoms with Gasteiger partial charge in [-0.1, -0.05) is 0 Å². The van der Waals surface area contributed by atoms with E-state index >= 15 is 0 Å². The minimum atomic E-state index is -0.697. The average Bonchev–Trinajstić information content (AvgIpc) is 3.03. The highest BCUT2D eigenvalue weighted by molar-refractivity contribution is 6.34. The summed E-state index contributed by atoms with van der Waals surface area (Å²) in [7, 11) is 0. The molecule has 1 aliphatic heterocycles. The van der Waals surface area contributed by atoms with Crippen LogP contribution in [0.1, 0.15) is 31.1 Å². The molecule has 0 radical (unpaired) electrons. The van der Waals surface area contributed by atoms with E-state index in [1.165, 1.54) is 54.6 Å². The number of nitrogens with zero attached hydrogens (tertiary/aromatic N) is 3. The summed E-state index contributed by atoms with van der Waals surface area (Å²) >= 11 is 0. The Bertz CT molecular complexity index is 1300. The van der Waals surface area contributed by atoms with Gasteiger partial charge in [0, 0.05) is 35.5 Å². The summed E-state index contributed by atoms with van der Waals surface area (Å²) in [5.74, 6) is -1.82. The van der Waals surface area contributed by atoms with E-state index in [9.17, 15) is 34.6 Å². The van der Waals surface area contributed by atoms with Gasteiger partial charge in [-0.25, -0.2) is 4.90 Å². The third-order valence-corrected chi connectivity index (χ3v) is 4.80. The van der Waals surface area contributed by atoms with Crippen molar-refractivity contribution >= 4 is 40.5 Å². The maximum Gasteiger partial charge on any atom is 0.270 e. The molecule has 158 valence electrons. The maximum atomic E-state index is 12.7. The molecule has 0 atom stereocenters. The van der Waals surface area contributed by atoms with Crippen molar-refractivity contribution in [2.45, 2.75) is 0 Å². The zero-order valence-corrected chi connectivity index (χ0v) is 16.1. The second-order valence-electron chi connectivity index (χ2n) is 6.74. The molecular formula is C21H12N4O7. The summed E-state index contributed by atoms with van der Waals surface area (Å²) in [6, 6.07) is 14.4. The molecule has 3 amide bonds. The standard InChI is InChI=1S/C21H12N4O7/c26-19(22-13-3-7-15(8-4-13)24(29)30)12-1-5-14(6-2-12)23-20(27)17-10-9-16(25(31)32)11-18(17)21(23)28/h1-11H,(H,22,26). The van der Waals surface area contributed by atoms with Gasteiger partial charge in [-0.15, -0.1) is 0 Å². The molecule has 11 heteroatoms. The van der Waals surface area contributed by atoms with Gasteiger partial charge in [0.2, 0.25) is 0 Å². The highest BCUT2D eigenvalue weighted by Crippen LogP contribution is 2.31. The average molecular weight is 432 g/mol. The fraction of sp³-hybridized carbons (Fsp3) is 0. The highest BCUT2D eigenvalue weighted by Gasteiger charge is 2.37. The first-order valence-corrected chi connectivity index (χ1v) is 9.09. The lowest BCUT2D eigenvalue weighted by atomic mass is 10.1. The first kappa shape index (κ1) is 20.3. The van der Waals surface area contributed by atoms with Crippen molar-refractivity contribution in [1.29, 1.82) is 0 Å². The number of anilines is 2. The third-order valence-electron chi connectivity index (χ3n) is 4.80. The number of fused-ring (bicyclic) bond motifs is 1. The fourth-order valence-corrected chi connectivity index (χ4v) is 3.21. The van der Waals surface area contributed by atoms with Gasteiger partial charge in [0.05, 0.1) is 26.7 Å². The van der Waals surface area contributed by atoms with Crippen molar-refractivity contribution in [3.05, 3.63) is 104 Å². The lowest BCUT2D eigenvalue weighted by Gasteiger charge is -2.14. The summed E-state index contributed by atoms with van der Waals surface area (Å²) in [5.41, 5.74) is 0.352. The van der Waals surface area contributed by atoms with Crippen LogP contribution in [0, 0.1) is 20.2 Å². The van der Waals surface area contributed by atoms with E-state index in [2.05, 4.69) is 5.32 Å². The summed E-state index contributed by atoms with van der Waals surface area (Å²) in [5, 5.41) is 24.2. The van der Waals surface area contributed by atoms with Gasteiger partial charge >= 0.3 is 0 Å². The number of benzene rings is 3. The number of amides is 3. The second-order valence-corrected chi connectivity index (χ2v) is 6.74. The number of nitro benzene ring substituents is 2. The van der Waals surface area contributed by atoms with Gasteiger partial charge in [0.25, 0.3) is 29.1 Å². The van der Waals surface area contributed by atoms with Crippen LogP contribution in [0.4, 0.5) is 22.7 Å². The third kappa shape index (κ3) is 3.54. The lowest BCUT2D eigenvalue weighted by Crippen LogP contribution is -2.29. The van der Waals surface area contributed by atoms with Gasteiger partial charge < -0.3 is 5.32 Å². The van der Waals surface area contributed by atoms with Crippen molar-refractivity contribution in [3.63, 3.8) is 0 Å². The first-order valence-electron chi connectivity index (χ1n) is 9.09. The van der Waals surface area contributed by atoms with Crippen LogP contribution in [-0.2, 0) is 0 Å². The molecular weight excluding hydrogens is 420 g/mol. The molecule has 0 spiro atoms. The largest absolute Gasteiger partial charge is 0.322 e. The van der Waals surface area contributed by atoms with Crippen LogP contribution in [0.3, 0.4) is 0 Å². The Morgan fingerprint density at radius 3 is 1.91 bits per heavy atom. The molecule has 0 saturated carbocycles. The lowest BCUT2D eigenvalue weighted by molar-refractivity contribution is -0.385. The molecule has 11 nitrogen and oxygen atoms in total. The van der Waals surface area contributed by atoms with Gasteiger partial charge in [-0.05, 0) is 42.5 Å². The quantitative estimate of drug-likeness (QED) is 0.367. The van der Waals surface area contributed by atoms with Gasteiger partial charge in [-0.3, -0.25) is 34.6 Å². The van der Waals surface area contributed by atoms with E-state index < -0.39 is 27.6 Å². The van der Waals surface area contributed by atoms with Crippen LogP contribution >= 0.6 is 0 Å². The molecule has 1 heterocycles. The first-order chi connectivity index (χ1) is 15.3. The number of rotatable bonds is 5. The zero-order chi connectivity index (χ0) is 23.0. The Morgan fingerprint density at radius 2 is 1.31 bits per heavy atom. The molecule has 0 aliphatic carbocycles. The van der Waals surface area contributed by atoms with Crippen LogP contribution < -0.4 is 10.2 Å². The Balaban J connectivity index is 1.52. The fourth-order valence-electron chi connectivity index (χ4n) is 3.21. The van der Waals surface area contributed by atoms with E-state index in [4.69, 9.17) is 0 Å². The number of nitrogens with one attached hydrogen (secondary N) is 1. The highest BCUT2D eigenvalue weighted by atomic mass is 16.6. The number of hydrogen-bond acceptors (Lipinski definition) is 7. The Morgan fingerprint density at radius 1 is 0.750 bits per heavy atom. The Hall–Kier alpha value is -4.93. The number of nitro groups is 2. The van der Waals surface area contributed by atoms with Crippen molar-refractivity contribution in [2.24, 2.45) is 0 Å². The normalized spacial score (nSPS) is 12.4. The van der Waals surface area contributed by atoms with Crippen molar-refractivity contribution in [2.75, 3.05) is 10.2 Å². The summed E-state index contributed by atoms with van der Waals surface area (Å²) in [4.78, 5) is 59.0. The monoisotopic (exact) mass is 432 g/mol. The maximum absolute atomic E-state index is 12.7.